The number of hydrogen-bond acceptors (Lipinski definition) is 3. The maximum atomic E-state index is 10.7. The van der Waals surface area contributed by atoms with Crippen LogP contribution in [0.4, 0.5) is 0 Å². The highest BCUT2D eigenvalue weighted by atomic mass is 32.2. The van der Waals surface area contributed by atoms with Crippen LogP contribution in [0.1, 0.15) is 31.9 Å². The lowest BCUT2D eigenvalue weighted by Gasteiger charge is -2.21. The highest BCUT2D eigenvalue weighted by molar-refractivity contribution is 7.85. The van der Waals surface area contributed by atoms with E-state index >= 15 is 0 Å². The van der Waals surface area contributed by atoms with Crippen molar-refractivity contribution in [2.24, 2.45) is 0 Å². The third kappa shape index (κ3) is 3.50. The minimum Gasteiger partial charge on any atom is -0.508 e. The van der Waals surface area contributed by atoms with Crippen molar-refractivity contribution in [3.63, 3.8) is 0 Å². The van der Waals surface area contributed by atoms with Gasteiger partial charge in [0.25, 0.3) is 10.1 Å². The van der Waals surface area contributed by atoms with Crippen LogP contribution in [0.15, 0.2) is 18.2 Å². The number of benzene rings is 1. The largest absolute Gasteiger partial charge is 0.508 e. The molecule has 90 valence electrons. The van der Waals surface area contributed by atoms with Gasteiger partial charge in [-0.2, -0.15) is 8.42 Å². The van der Waals surface area contributed by atoms with Crippen LogP contribution in [-0.4, -0.2) is 18.1 Å². The van der Waals surface area contributed by atoms with E-state index in [1.807, 2.05) is 20.8 Å². The Bertz CT molecular complexity index is 483. The Balaban J connectivity index is 3.18. The number of rotatable bonds is 2. The van der Waals surface area contributed by atoms with E-state index in [1.54, 1.807) is 6.07 Å². The normalized spacial score (nSPS) is 12.8. The molecule has 0 aliphatic carbocycles. The van der Waals surface area contributed by atoms with Gasteiger partial charge in [-0.3, -0.25) is 4.55 Å². The van der Waals surface area contributed by atoms with Crippen molar-refractivity contribution >= 4 is 10.1 Å². The second kappa shape index (κ2) is 4.07. The molecule has 0 heterocycles. The van der Waals surface area contributed by atoms with Gasteiger partial charge < -0.3 is 5.11 Å². The molecular formula is C11H16O4S. The van der Waals surface area contributed by atoms with Crippen LogP contribution >= 0.6 is 0 Å². The summed E-state index contributed by atoms with van der Waals surface area (Å²) in [4.78, 5) is 0. The second-order valence-corrected chi connectivity index (χ2v) is 6.28. The number of phenolic OH excluding ortho intramolecular Hbond substituents is 1. The van der Waals surface area contributed by atoms with Crippen molar-refractivity contribution in [1.29, 1.82) is 0 Å². The summed E-state index contributed by atoms with van der Waals surface area (Å²) in [7, 11) is -4.03. The average molecular weight is 244 g/mol. The summed E-state index contributed by atoms with van der Waals surface area (Å²) < 4.78 is 30.2. The lowest BCUT2D eigenvalue weighted by molar-refractivity contribution is 0.446. The Kier molecular flexibility index (Phi) is 3.30. The fraction of sp³-hybridized carbons (Fsp3) is 0.455. The van der Waals surface area contributed by atoms with Crippen LogP contribution < -0.4 is 0 Å². The topological polar surface area (TPSA) is 74.6 Å². The summed E-state index contributed by atoms with van der Waals surface area (Å²) in [6.45, 7) is 5.75. The van der Waals surface area contributed by atoms with Gasteiger partial charge in [0.1, 0.15) is 11.5 Å². The van der Waals surface area contributed by atoms with Gasteiger partial charge in [-0.25, -0.2) is 0 Å². The van der Waals surface area contributed by atoms with Gasteiger partial charge in [-0.05, 0) is 22.6 Å². The maximum Gasteiger partial charge on any atom is 0.269 e. The average Bonchev–Trinajstić information content (AvgIpc) is 2.04. The zero-order valence-electron chi connectivity index (χ0n) is 9.56. The standard InChI is InChI=1S/C11H16O4S/c1-11(2,3)9-6-8(4-5-10(9)12)7-16(13,14)15/h4-6,12H,7H2,1-3H3,(H,13,14,15). The molecular weight excluding hydrogens is 228 g/mol. The number of phenols is 1. The molecule has 0 aliphatic heterocycles. The maximum absolute atomic E-state index is 10.7. The lowest BCUT2D eigenvalue weighted by Crippen LogP contribution is -2.12. The van der Waals surface area contributed by atoms with E-state index in [0.717, 1.165) is 0 Å². The molecule has 0 fully saturated rings. The van der Waals surface area contributed by atoms with E-state index in [1.165, 1.54) is 12.1 Å². The Morgan fingerprint density at radius 3 is 2.25 bits per heavy atom. The molecule has 5 heteroatoms. The zero-order valence-corrected chi connectivity index (χ0v) is 10.4. The molecule has 0 radical (unpaired) electrons. The fourth-order valence-electron chi connectivity index (χ4n) is 1.48. The SMILES string of the molecule is CC(C)(C)c1cc(CS(=O)(=O)O)ccc1O. The minimum absolute atomic E-state index is 0.131. The van der Waals surface area contributed by atoms with Gasteiger partial charge in [0.2, 0.25) is 0 Å². The Morgan fingerprint density at radius 2 is 1.81 bits per heavy atom. The molecule has 1 rings (SSSR count). The summed E-state index contributed by atoms with van der Waals surface area (Å²) >= 11 is 0. The van der Waals surface area contributed by atoms with Crippen LogP contribution in [0, 0.1) is 0 Å². The first kappa shape index (κ1) is 13.0. The smallest absolute Gasteiger partial charge is 0.269 e. The molecule has 1 aromatic rings. The van der Waals surface area contributed by atoms with Crippen LogP contribution in [-0.2, 0) is 21.3 Å². The molecule has 0 atom stereocenters. The van der Waals surface area contributed by atoms with Crippen molar-refractivity contribution in [3.8, 4) is 5.75 Å². The third-order valence-corrected chi connectivity index (χ3v) is 2.92. The molecule has 0 saturated carbocycles. The van der Waals surface area contributed by atoms with Gasteiger partial charge >= 0.3 is 0 Å². The summed E-state index contributed by atoms with van der Waals surface area (Å²) in [5.74, 6) is -0.303. The van der Waals surface area contributed by atoms with Crippen molar-refractivity contribution in [2.75, 3.05) is 0 Å². The van der Waals surface area contributed by atoms with E-state index in [2.05, 4.69) is 0 Å². The van der Waals surface area contributed by atoms with E-state index in [4.69, 9.17) is 4.55 Å². The predicted molar refractivity (Wildman–Crippen MR) is 62.1 cm³/mol. The molecule has 0 saturated heterocycles. The monoisotopic (exact) mass is 244 g/mol. The summed E-state index contributed by atoms with van der Waals surface area (Å²) in [6.07, 6.45) is 0. The van der Waals surface area contributed by atoms with Crippen LogP contribution in [0.3, 0.4) is 0 Å². The van der Waals surface area contributed by atoms with E-state index in [-0.39, 0.29) is 11.2 Å². The molecule has 0 aromatic heterocycles. The van der Waals surface area contributed by atoms with E-state index in [9.17, 15) is 13.5 Å². The van der Waals surface area contributed by atoms with Crippen molar-refractivity contribution < 1.29 is 18.1 Å². The van der Waals surface area contributed by atoms with E-state index < -0.39 is 15.9 Å². The first-order valence-electron chi connectivity index (χ1n) is 4.87. The minimum atomic E-state index is -4.03. The summed E-state index contributed by atoms with van der Waals surface area (Å²) in [5, 5.41) is 9.66. The molecule has 4 nitrogen and oxygen atoms in total. The summed E-state index contributed by atoms with van der Waals surface area (Å²) in [6, 6.07) is 4.53. The van der Waals surface area contributed by atoms with Crippen molar-refractivity contribution in [1.82, 2.24) is 0 Å². The molecule has 1 aromatic carbocycles. The highest BCUT2D eigenvalue weighted by Gasteiger charge is 2.19. The molecule has 2 N–H and O–H groups in total. The van der Waals surface area contributed by atoms with Crippen LogP contribution in [0.5, 0.6) is 5.75 Å². The second-order valence-electron chi connectivity index (χ2n) is 4.83. The van der Waals surface area contributed by atoms with Crippen molar-refractivity contribution in [3.05, 3.63) is 29.3 Å². The number of aromatic hydroxyl groups is 1. The Labute approximate surface area is 95.7 Å². The molecule has 0 aliphatic rings. The van der Waals surface area contributed by atoms with Gasteiger partial charge in [-0.1, -0.05) is 32.9 Å². The molecule has 0 amide bonds. The molecule has 0 unspecified atom stereocenters. The molecule has 16 heavy (non-hydrogen) atoms. The highest BCUT2D eigenvalue weighted by Crippen LogP contribution is 2.31. The van der Waals surface area contributed by atoms with E-state index in [0.29, 0.717) is 11.1 Å². The van der Waals surface area contributed by atoms with Crippen LogP contribution in [0.25, 0.3) is 0 Å². The molecule has 0 spiro atoms. The first-order chi connectivity index (χ1) is 7.09. The van der Waals surface area contributed by atoms with Gasteiger partial charge in [0.15, 0.2) is 0 Å². The van der Waals surface area contributed by atoms with Crippen LogP contribution in [0.2, 0.25) is 0 Å². The Morgan fingerprint density at radius 1 is 1.25 bits per heavy atom. The molecule has 0 bridgehead atoms. The van der Waals surface area contributed by atoms with Gasteiger partial charge in [-0.15, -0.1) is 0 Å². The van der Waals surface area contributed by atoms with Gasteiger partial charge in [0, 0.05) is 0 Å². The third-order valence-electron chi connectivity index (χ3n) is 2.22. The quantitative estimate of drug-likeness (QED) is 0.781. The fourth-order valence-corrected chi connectivity index (χ4v) is 2.09. The van der Waals surface area contributed by atoms with Crippen molar-refractivity contribution in [2.45, 2.75) is 31.9 Å². The summed E-state index contributed by atoms with van der Waals surface area (Å²) in [5.41, 5.74) is 0.845. The van der Waals surface area contributed by atoms with Gasteiger partial charge in [0.05, 0.1) is 0 Å². The lowest BCUT2D eigenvalue weighted by atomic mass is 9.85. The first-order valence-corrected chi connectivity index (χ1v) is 6.48. The number of hydrogen-bond donors (Lipinski definition) is 2. The predicted octanol–water partition coefficient (Wildman–Crippen LogP) is 2.08. The zero-order chi connectivity index (χ0) is 12.6. The Hall–Kier alpha value is -1.07.